The molecule has 28 heavy (non-hydrogen) atoms. The number of imidazole rings is 1. The van der Waals surface area contributed by atoms with Crippen molar-refractivity contribution in [3.05, 3.63) is 33.7 Å². The van der Waals surface area contributed by atoms with E-state index in [1.165, 1.54) is 16.1 Å². The topological polar surface area (TPSA) is 64.4 Å². The molecule has 0 N–H and O–H groups in total. The molecule has 6 nitrogen and oxygen atoms in total. The first-order valence-corrected chi connectivity index (χ1v) is 12.6. The van der Waals surface area contributed by atoms with Crippen LogP contribution in [0.2, 0.25) is 0 Å². The Morgan fingerprint density at radius 1 is 1.43 bits per heavy atom. The van der Waals surface area contributed by atoms with Crippen LogP contribution in [0.1, 0.15) is 12.0 Å². The van der Waals surface area contributed by atoms with Crippen molar-refractivity contribution in [2.24, 2.45) is 13.0 Å². The maximum Gasteiger partial charge on any atom is 0.243 e. The summed E-state index contributed by atoms with van der Waals surface area (Å²) in [4.78, 5) is 4.47. The fourth-order valence-electron chi connectivity index (χ4n) is 3.54. The molecule has 1 aromatic carbocycles. The van der Waals surface area contributed by atoms with Gasteiger partial charge in [0.25, 0.3) is 0 Å². The SMILES string of the molecule is Cn1ccnc1SC[C@@H]1CCN(S(=O)(=O)c2cc(I)c3c(c2)CCO3)C[C@H]1F. The van der Waals surface area contributed by atoms with E-state index in [0.29, 0.717) is 31.7 Å². The Bertz CT molecular complexity index is 982. The first-order chi connectivity index (χ1) is 13.4. The number of hydrogen-bond donors (Lipinski definition) is 0. The summed E-state index contributed by atoms with van der Waals surface area (Å²) in [6.07, 6.45) is 3.59. The molecule has 0 bridgehead atoms. The number of ether oxygens (including phenoxy) is 1. The first-order valence-electron chi connectivity index (χ1n) is 9.06. The fraction of sp³-hybridized carbons (Fsp3) is 0.500. The molecular formula is C18H21FIN3O3S2. The zero-order valence-corrected chi connectivity index (χ0v) is 19.1. The van der Waals surface area contributed by atoms with Gasteiger partial charge in [-0.3, -0.25) is 0 Å². The standard InChI is InChI=1S/C18H21FIN3O3S2/c1-22-6-4-21-18(22)27-11-13-2-5-23(10-15(13)19)28(24,25)14-8-12-3-7-26-17(12)16(20)9-14/h4,6,8-9,13,15H,2-3,5,7,10-11H2,1H3/t13-,15+/m0/s1. The van der Waals surface area contributed by atoms with Crippen molar-refractivity contribution in [2.75, 3.05) is 25.4 Å². The van der Waals surface area contributed by atoms with Crippen LogP contribution in [0.4, 0.5) is 4.39 Å². The highest BCUT2D eigenvalue weighted by atomic mass is 127. The van der Waals surface area contributed by atoms with E-state index >= 15 is 0 Å². The molecule has 1 saturated heterocycles. The normalized spacial score (nSPS) is 22.8. The number of halogens is 2. The number of aryl methyl sites for hydroxylation is 1. The number of fused-ring (bicyclic) bond motifs is 1. The molecular weight excluding hydrogens is 516 g/mol. The van der Waals surface area contributed by atoms with Gasteiger partial charge < -0.3 is 9.30 Å². The van der Waals surface area contributed by atoms with E-state index in [4.69, 9.17) is 4.74 Å². The fourth-order valence-corrected chi connectivity index (χ4v) is 7.26. The summed E-state index contributed by atoms with van der Waals surface area (Å²) in [5.41, 5.74) is 0.906. The smallest absolute Gasteiger partial charge is 0.243 e. The molecule has 0 aliphatic carbocycles. The molecule has 0 radical (unpaired) electrons. The number of rotatable bonds is 5. The summed E-state index contributed by atoms with van der Waals surface area (Å²) in [6.45, 7) is 0.803. The minimum Gasteiger partial charge on any atom is -0.492 e. The van der Waals surface area contributed by atoms with Gasteiger partial charge in [0.15, 0.2) is 5.16 Å². The summed E-state index contributed by atoms with van der Waals surface area (Å²) in [6, 6.07) is 3.30. The van der Waals surface area contributed by atoms with Gasteiger partial charge in [0.2, 0.25) is 10.0 Å². The highest BCUT2D eigenvalue weighted by Crippen LogP contribution is 2.35. The van der Waals surface area contributed by atoms with Gasteiger partial charge in [-0.1, -0.05) is 11.8 Å². The van der Waals surface area contributed by atoms with E-state index in [1.807, 2.05) is 17.8 Å². The van der Waals surface area contributed by atoms with Crippen LogP contribution < -0.4 is 4.74 Å². The maximum atomic E-state index is 14.8. The molecule has 10 heteroatoms. The summed E-state index contributed by atoms with van der Waals surface area (Å²) in [7, 11) is -1.81. The Balaban J connectivity index is 1.44. The third-order valence-corrected chi connectivity index (χ3v) is 9.08. The molecule has 1 aromatic heterocycles. The van der Waals surface area contributed by atoms with Crippen LogP contribution in [-0.2, 0) is 23.5 Å². The van der Waals surface area contributed by atoms with Crippen LogP contribution >= 0.6 is 34.4 Å². The number of thioether (sulfide) groups is 1. The predicted molar refractivity (Wildman–Crippen MR) is 114 cm³/mol. The molecule has 2 aliphatic heterocycles. The third-order valence-electron chi connectivity index (χ3n) is 5.19. The molecule has 1 fully saturated rings. The quantitative estimate of drug-likeness (QED) is 0.434. The van der Waals surface area contributed by atoms with Crippen molar-refractivity contribution in [3.8, 4) is 5.75 Å². The largest absolute Gasteiger partial charge is 0.492 e. The highest BCUT2D eigenvalue weighted by molar-refractivity contribution is 14.1. The molecule has 2 atom stereocenters. The Morgan fingerprint density at radius 3 is 2.96 bits per heavy atom. The van der Waals surface area contributed by atoms with Crippen molar-refractivity contribution in [1.29, 1.82) is 0 Å². The number of piperidine rings is 1. The van der Waals surface area contributed by atoms with Gasteiger partial charge in [-0.15, -0.1) is 0 Å². The Hall–Kier alpha value is -0.850. The number of nitrogens with zero attached hydrogens (tertiary/aromatic N) is 3. The van der Waals surface area contributed by atoms with Crippen LogP contribution in [0.3, 0.4) is 0 Å². The average molecular weight is 537 g/mol. The van der Waals surface area contributed by atoms with Crippen molar-refractivity contribution in [1.82, 2.24) is 13.9 Å². The van der Waals surface area contributed by atoms with Gasteiger partial charge in [0.1, 0.15) is 11.9 Å². The summed E-state index contributed by atoms with van der Waals surface area (Å²) in [5, 5.41) is 0.845. The van der Waals surface area contributed by atoms with E-state index < -0.39 is 16.2 Å². The zero-order chi connectivity index (χ0) is 19.9. The minimum atomic E-state index is -3.72. The lowest BCUT2D eigenvalue weighted by Gasteiger charge is -2.33. The van der Waals surface area contributed by atoms with E-state index in [9.17, 15) is 12.8 Å². The molecule has 0 spiro atoms. The molecule has 0 saturated carbocycles. The summed E-state index contributed by atoms with van der Waals surface area (Å²) < 4.78 is 50.5. The molecule has 2 aliphatic rings. The van der Waals surface area contributed by atoms with Crippen LogP contribution in [0.15, 0.2) is 34.6 Å². The van der Waals surface area contributed by atoms with Gasteiger partial charge in [-0.25, -0.2) is 17.8 Å². The van der Waals surface area contributed by atoms with E-state index in [2.05, 4.69) is 27.6 Å². The maximum absolute atomic E-state index is 14.8. The van der Waals surface area contributed by atoms with Crippen LogP contribution in [0.25, 0.3) is 0 Å². The van der Waals surface area contributed by atoms with Crippen molar-refractivity contribution < 1.29 is 17.5 Å². The third kappa shape index (κ3) is 3.92. The number of hydrogen-bond acceptors (Lipinski definition) is 5. The number of sulfonamides is 1. The Kier molecular flexibility index (Phi) is 5.92. The minimum absolute atomic E-state index is 0.0989. The number of benzene rings is 1. The molecule has 0 amide bonds. The van der Waals surface area contributed by atoms with E-state index in [1.54, 1.807) is 18.3 Å². The van der Waals surface area contributed by atoms with Gasteiger partial charge in [0.05, 0.1) is 15.1 Å². The summed E-state index contributed by atoms with van der Waals surface area (Å²) in [5.74, 6) is 1.18. The second-order valence-corrected chi connectivity index (χ2v) is 11.1. The monoisotopic (exact) mass is 537 g/mol. The Labute approximate surface area is 182 Å². The molecule has 152 valence electrons. The molecule has 3 heterocycles. The first kappa shape index (κ1) is 20.4. The van der Waals surface area contributed by atoms with Gasteiger partial charge in [-0.05, 0) is 46.7 Å². The van der Waals surface area contributed by atoms with E-state index in [0.717, 1.165) is 20.0 Å². The lowest BCUT2D eigenvalue weighted by atomic mass is 9.98. The van der Waals surface area contributed by atoms with Gasteiger partial charge >= 0.3 is 0 Å². The highest BCUT2D eigenvalue weighted by Gasteiger charge is 2.36. The summed E-state index contributed by atoms with van der Waals surface area (Å²) >= 11 is 3.61. The molecule has 4 rings (SSSR count). The van der Waals surface area contributed by atoms with E-state index in [-0.39, 0.29) is 17.4 Å². The van der Waals surface area contributed by atoms with Crippen molar-refractivity contribution in [3.63, 3.8) is 0 Å². The second kappa shape index (κ2) is 8.11. The zero-order valence-electron chi connectivity index (χ0n) is 15.3. The van der Waals surface area contributed by atoms with Gasteiger partial charge in [0, 0.05) is 50.6 Å². The van der Waals surface area contributed by atoms with Crippen LogP contribution in [0, 0.1) is 9.49 Å². The molecule has 0 unspecified atom stereocenters. The lowest BCUT2D eigenvalue weighted by Crippen LogP contribution is -2.45. The number of aromatic nitrogens is 2. The average Bonchev–Trinajstić information content (AvgIpc) is 3.29. The molecule has 2 aromatic rings. The Morgan fingerprint density at radius 2 is 2.25 bits per heavy atom. The van der Waals surface area contributed by atoms with Crippen molar-refractivity contribution in [2.45, 2.75) is 29.1 Å². The lowest BCUT2D eigenvalue weighted by molar-refractivity contribution is 0.146. The van der Waals surface area contributed by atoms with Crippen LogP contribution in [-0.4, -0.2) is 53.9 Å². The van der Waals surface area contributed by atoms with Gasteiger partial charge in [-0.2, -0.15) is 4.31 Å². The second-order valence-electron chi connectivity index (χ2n) is 7.05. The predicted octanol–water partition coefficient (Wildman–Crippen LogP) is 3.10. The number of alkyl halides is 1. The van der Waals surface area contributed by atoms with Crippen LogP contribution in [0.5, 0.6) is 5.75 Å². The van der Waals surface area contributed by atoms with Crippen molar-refractivity contribution >= 4 is 44.4 Å².